The minimum Gasteiger partial charge on any atom is -0.435 e. The van der Waals surface area contributed by atoms with Gasteiger partial charge in [0.2, 0.25) is 11.8 Å². The van der Waals surface area contributed by atoms with E-state index in [1.165, 1.54) is 12.1 Å². The molecule has 1 N–H and O–H groups in total. The molecule has 7 heteroatoms. The van der Waals surface area contributed by atoms with Crippen molar-refractivity contribution < 1.29 is 23.1 Å². The minimum atomic E-state index is -2.89. The van der Waals surface area contributed by atoms with Gasteiger partial charge in [0.05, 0.1) is 12.0 Å². The number of hydrogen-bond acceptors (Lipinski definition) is 3. The molecule has 2 atom stereocenters. The van der Waals surface area contributed by atoms with Gasteiger partial charge in [0.1, 0.15) is 5.75 Å². The Hall–Kier alpha value is -2.18. The lowest BCUT2D eigenvalue weighted by Crippen LogP contribution is -2.35. The van der Waals surface area contributed by atoms with Gasteiger partial charge in [-0.2, -0.15) is 8.78 Å². The predicted molar refractivity (Wildman–Crippen MR) is 82.5 cm³/mol. The van der Waals surface area contributed by atoms with Crippen molar-refractivity contribution in [1.82, 2.24) is 10.2 Å². The van der Waals surface area contributed by atoms with Gasteiger partial charge in [-0.1, -0.05) is 12.1 Å². The van der Waals surface area contributed by atoms with Crippen LogP contribution in [0.3, 0.4) is 0 Å². The van der Waals surface area contributed by atoms with Crippen LogP contribution in [0.25, 0.3) is 0 Å². The van der Waals surface area contributed by atoms with Gasteiger partial charge in [-0.25, -0.2) is 0 Å². The second-order valence-corrected chi connectivity index (χ2v) is 6.36. The fourth-order valence-corrected chi connectivity index (χ4v) is 3.02. The molecular formula is C17H20F2N2O3. The summed E-state index contributed by atoms with van der Waals surface area (Å²) in [5.74, 6) is -0.433. The summed E-state index contributed by atoms with van der Waals surface area (Å²) < 4.78 is 28.9. The van der Waals surface area contributed by atoms with Gasteiger partial charge in [0.15, 0.2) is 0 Å². The summed E-state index contributed by atoms with van der Waals surface area (Å²) in [6, 6.07) is 6.21. The zero-order valence-corrected chi connectivity index (χ0v) is 13.4. The lowest BCUT2D eigenvalue weighted by molar-refractivity contribution is -0.129. The number of hydrogen-bond donors (Lipinski definition) is 1. The SMILES string of the molecule is C[C@H](NC(=O)[C@@H]1CC(=O)N(C2CC2)C1)c1cccc(OC(F)F)c1. The Kier molecular flexibility index (Phi) is 4.69. The lowest BCUT2D eigenvalue weighted by Gasteiger charge is -2.19. The monoisotopic (exact) mass is 338 g/mol. The van der Waals surface area contributed by atoms with E-state index >= 15 is 0 Å². The molecule has 0 aromatic heterocycles. The summed E-state index contributed by atoms with van der Waals surface area (Å²) >= 11 is 0. The van der Waals surface area contributed by atoms with Gasteiger partial charge in [0.25, 0.3) is 0 Å². The first-order chi connectivity index (χ1) is 11.4. The molecular weight excluding hydrogens is 318 g/mol. The summed E-state index contributed by atoms with van der Waals surface area (Å²) in [4.78, 5) is 26.1. The van der Waals surface area contributed by atoms with Gasteiger partial charge in [0, 0.05) is 19.0 Å². The van der Waals surface area contributed by atoms with E-state index in [1.54, 1.807) is 24.0 Å². The van der Waals surface area contributed by atoms with E-state index in [4.69, 9.17) is 0 Å². The van der Waals surface area contributed by atoms with E-state index in [1.807, 2.05) is 0 Å². The Bertz CT molecular complexity index is 634. The Balaban J connectivity index is 1.59. The maximum absolute atomic E-state index is 12.4. The van der Waals surface area contributed by atoms with Crippen molar-refractivity contribution in [3.05, 3.63) is 29.8 Å². The Labute approximate surface area is 139 Å². The molecule has 1 aliphatic heterocycles. The first-order valence-electron chi connectivity index (χ1n) is 8.08. The second kappa shape index (κ2) is 6.75. The first kappa shape index (κ1) is 16.7. The van der Waals surface area contributed by atoms with Gasteiger partial charge in [-0.3, -0.25) is 9.59 Å². The molecule has 1 saturated heterocycles. The van der Waals surface area contributed by atoms with Crippen LogP contribution in [-0.2, 0) is 9.59 Å². The van der Waals surface area contributed by atoms with E-state index < -0.39 is 6.61 Å². The number of nitrogens with one attached hydrogen (secondary N) is 1. The van der Waals surface area contributed by atoms with Crippen LogP contribution in [0.2, 0.25) is 0 Å². The van der Waals surface area contributed by atoms with Crippen molar-refractivity contribution in [2.24, 2.45) is 5.92 Å². The van der Waals surface area contributed by atoms with Crippen molar-refractivity contribution in [2.45, 2.75) is 44.9 Å². The topological polar surface area (TPSA) is 58.6 Å². The van der Waals surface area contributed by atoms with Crippen molar-refractivity contribution in [1.29, 1.82) is 0 Å². The van der Waals surface area contributed by atoms with Crippen LogP contribution in [0.5, 0.6) is 5.75 Å². The Morgan fingerprint density at radius 3 is 2.79 bits per heavy atom. The van der Waals surface area contributed by atoms with Gasteiger partial charge in [-0.05, 0) is 37.5 Å². The van der Waals surface area contributed by atoms with Crippen LogP contribution in [0.1, 0.15) is 37.8 Å². The highest BCUT2D eigenvalue weighted by atomic mass is 19.3. The molecule has 24 heavy (non-hydrogen) atoms. The van der Waals surface area contributed by atoms with E-state index in [0.29, 0.717) is 18.2 Å². The van der Waals surface area contributed by atoms with Gasteiger partial charge in [-0.15, -0.1) is 0 Å². The van der Waals surface area contributed by atoms with E-state index in [9.17, 15) is 18.4 Å². The molecule has 1 heterocycles. The van der Waals surface area contributed by atoms with E-state index in [2.05, 4.69) is 10.1 Å². The lowest BCUT2D eigenvalue weighted by atomic mass is 10.0. The molecule has 1 saturated carbocycles. The molecule has 1 aromatic rings. The number of carbonyl (C=O) groups is 2. The predicted octanol–water partition coefficient (Wildman–Crippen LogP) is 2.48. The second-order valence-electron chi connectivity index (χ2n) is 6.36. The molecule has 1 aromatic carbocycles. The summed E-state index contributed by atoms with van der Waals surface area (Å²) in [5, 5.41) is 2.86. The van der Waals surface area contributed by atoms with Crippen molar-refractivity contribution >= 4 is 11.8 Å². The standard InChI is InChI=1S/C17H20F2N2O3/c1-10(11-3-2-4-14(7-11)24-17(18)19)20-16(23)12-8-15(22)21(9-12)13-5-6-13/h2-4,7,10,12-13,17H,5-6,8-9H2,1H3,(H,20,23)/t10-,12+/m0/s1. The van der Waals surface area contributed by atoms with Crippen molar-refractivity contribution in [2.75, 3.05) is 6.54 Å². The third kappa shape index (κ3) is 3.83. The number of ether oxygens (including phenoxy) is 1. The fourth-order valence-electron chi connectivity index (χ4n) is 3.02. The summed E-state index contributed by atoms with van der Waals surface area (Å²) in [6.45, 7) is -0.645. The molecule has 3 rings (SSSR count). The number of benzene rings is 1. The molecule has 0 spiro atoms. The molecule has 1 aliphatic carbocycles. The Morgan fingerprint density at radius 1 is 1.38 bits per heavy atom. The molecule has 0 radical (unpaired) electrons. The van der Waals surface area contributed by atoms with E-state index in [0.717, 1.165) is 12.8 Å². The third-order valence-corrected chi connectivity index (χ3v) is 4.46. The minimum absolute atomic E-state index is 0.0395. The number of alkyl halides is 2. The molecule has 0 unspecified atom stereocenters. The van der Waals surface area contributed by atoms with Crippen LogP contribution in [0, 0.1) is 5.92 Å². The number of likely N-dealkylation sites (tertiary alicyclic amines) is 1. The molecule has 2 fully saturated rings. The Morgan fingerprint density at radius 2 is 2.12 bits per heavy atom. The van der Waals surface area contributed by atoms with Crippen LogP contribution < -0.4 is 10.1 Å². The van der Waals surface area contributed by atoms with Crippen LogP contribution in [0.4, 0.5) is 8.78 Å². The molecule has 0 bridgehead atoms. The molecule has 130 valence electrons. The average molecular weight is 338 g/mol. The van der Waals surface area contributed by atoms with Crippen LogP contribution in [-0.4, -0.2) is 35.9 Å². The third-order valence-electron chi connectivity index (χ3n) is 4.46. The summed E-state index contributed by atoms with van der Waals surface area (Å²) in [6.07, 6.45) is 2.28. The largest absolute Gasteiger partial charge is 0.435 e. The molecule has 5 nitrogen and oxygen atoms in total. The summed E-state index contributed by atoms with van der Waals surface area (Å²) in [5.41, 5.74) is 0.671. The average Bonchev–Trinajstić information content (AvgIpc) is 3.29. The quantitative estimate of drug-likeness (QED) is 0.867. The first-order valence-corrected chi connectivity index (χ1v) is 8.08. The normalized spacial score (nSPS) is 21.9. The number of carbonyl (C=O) groups excluding carboxylic acids is 2. The number of nitrogens with zero attached hydrogens (tertiary/aromatic N) is 1. The van der Waals surface area contributed by atoms with Crippen LogP contribution in [0.15, 0.2) is 24.3 Å². The molecule has 2 aliphatic rings. The number of rotatable bonds is 6. The molecule has 2 amide bonds. The maximum atomic E-state index is 12.4. The van der Waals surface area contributed by atoms with Gasteiger partial charge < -0.3 is 15.0 Å². The fraction of sp³-hybridized carbons (Fsp3) is 0.529. The highest BCUT2D eigenvalue weighted by Gasteiger charge is 2.41. The smallest absolute Gasteiger partial charge is 0.387 e. The highest BCUT2D eigenvalue weighted by molar-refractivity contribution is 5.89. The highest BCUT2D eigenvalue weighted by Crippen LogP contribution is 2.33. The summed E-state index contributed by atoms with van der Waals surface area (Å²) in [7, 11) is 0. The number of amides is 2. The zero-order chi connectivity index (χ0) is 17.3. The van der Waals surface area contributed by atoms with Crippen LogP contribution >= 0.6 is 0 Å². The van der Waals surface area contributed by atoms with Crippen molar-refractivity contribution in [3.8, 4) is 5.75 Å². The maximum Gasteiger partial charge on any atom is 0.387 e. The number of halogens is 2. The van der Waals surface area contributed by atoms with Gasteiger partial charge >= 0.3 is 6.61 Å². The van der Waals surface area contributed by atoms with E-state index in [-0.39, 0.29) is 35.9 Å². The zero-order valence-electron chi connectivity index (χ0n) is 13.4. The van der Waals surface area contributed by atoms with Crippen molar-refractivity contribution in [3.63, 3.8) is 0 Å².